The molecule has 2 N–H and O–H groups in total. The van der Waals surface area contributed by atoms with Gasteiger partial charge < -0.3 is 10.6 Å². The molecule has 0 fully saturated rings. The first kappa shape index (κ1) is 15.5. The minimum Gasteiger partial charge on any atom is -0.338 e. The maximum absolute atomic E-state index is 11.6. The van der Waals surface area contributed by atoms with Crippen LogP contribution in [0.3, 0.4) is 0 Å². The summed E-state index contributed by atoms with van der Waals surface area (Å²) in [7, 11) is 0. The Labute approximate surface area is 116 Å². The Kier molecular flexibility index (Phi) is 7.71. The lowest BCUT2D eigenvalue weighted by atomic mass is 10.1. The highest BCUT2D eigenvalue weighted by atomic mass is 16.2. The molecule has 0 bridgehead atoms. The smallest absolute Gasteiger partial charge is 0.319 e. The first-order valence-electron chi connectivity index (χ1n) is 7.34. The van der Waals surface area contributed by atoms with Gasteiger partial charge in [-0.1, -0.05) is 51.2 Å². The van der Waals surface area contributed by atoms with E-state index in [2.05, 4.69) is 17.6 Å². The highest BCUT2D eigenvalue weighted by Gasteiger charge is 2.00. The number of nitrogens with one attached hydrogen (secondary N) is 2. The maximum Gasteiger partial charge on any atom is 0.319 e. The van der Waals surface area contributed by atoms with Crippen molar-refractivity contribution in [1.82, 2.24) is 5.32 Å². The summed E-state index contributed by atoms with van der Waals surface area (Å²) < 4.78 is 0. The molecule has 0 heterocycles. The molecule has 0 saturated carbocycles. The van der Waals surface area contributed by atoms with E-state index in [4.69, 9.17) is 0 Å². The second-order valence-electron chi connectivity index (χ2n) is 5.02. The zero-order chi connectivity index (χ0) is 13.9. The van der Waals surface area contributed by atoms with E-state index in [1.165, 1.54) is 32.1 Å². The Hall–Kier alpha value is -1.51. The molecular formula is C16H26N2O. The highest BCUT2D eigenvalue weighted by molar-refractivity contribution is 5.89. The van der Waals surface area contributed by atoms with Gasteiger partial charge in [-0.2, -0.15) is 0 Å². The fourth-order valence-electron chi connectivity index (χ4n) is 2.01. The number of hydrogen-bond acceptors (Lipinski definition) is 1. The molecule has 0 aromatic heterocycles. The lowest BCUT2D eigenvalue weighted by Gasteiger charge is -2.08. The number of carbonyl (C=O) groups is 1. The summed E-state index contributed by atoms with van der Waals surface area (Å²) in [6.07, 6.45) is 7.44. The van der Waals surface area contributed by atoms with Crippen molar-refractivity contribution < 1.29 is 4.79 Å². The largest absolute Gasteiger partial charge is 0.338 e. The summed E-state index contributed by atoms with van der Waals surface area (Å²) in [5, 5.41) is 5.74. The zero-order valence-electron chi connectivity index (χ0n) is 12.2. The van der Waals surface area contributed by atoms with E-state index in [0.29, 0.717) is 0 Å². The molecule has 2 amide bonds. The standard InChI is InChI=1S/C16H26N2O/c1-3-4-5-6-7-8-12-17-16(19)18-15-11-9-10-14(2)13-15/h9-11,13H,3-8,12H2,1-2H3,(H2,17,18,19). The van der Waals surface area contributed by atoms with Gasteiger partial charge in [-0.25, -0.2) is 4.79 Å². The lowest BCUT2D eigenvalue weighted by molar-refractivity contribution is 0.252. The van der Waals surface area contributed by atoms with Crippen LogP contribution in [0.15, 0.2) is 24.3 Å². The third-order valence-electron chi connectivity index (χ3n) is 3.09. The summed E-state index contributed by atoms with van der Waals surface area (Å²) in [6, 6.07) is 7.71. The van der Waals surface area contributed by atoms with Crippen LogP contribution in [0.5, 0.6) is 0 Å². The van der Waals surface area contributed by atoms with E-state index in [-0.39, 0.29) is 6.03 Å². The van der Waals surface area contributed by atoms with Crippen LogP contribution in [0.1, 0.15) is 51.0 Å². The fourth-order valence-corrected chi connectivity index (χ4v) is 2.01. The quantitative estimate of drug-likeness (QED) is 0.666. The second kappa shape index (κ2) is 9.42. The molecule has 1 rings (SSSR count). The molecule has 3 heteroatoms. The first-order valence-corrected chi connectivity index (χ1v) is 7.34. The Balaban J connectivity index is 2.08. The Bertz CT molecular complexity index is 377. The summed E-state index contributed by atoms with van der Waals surface area (Å²) in [5.74, 6) is 0. The van der Waals surface area contributed by atoms with Crippen LogP contribution in [0.2, 0.25) is 0 Å². The van der Waals surface area contributed by atoms with Crippen LogP contribution in [0.25, 0.3) is 0 Å². The van der Waals surface area contributed by atoms with Crippen LogP contribution < -0.4 is 10.6 Å². The number of benzene rings is 1. The molecule has 19 heavy (non-hydrogen) atoms. The van der Waals surface area contributed by atoms with Crippen LogP contribution in [-0.4, -0.2) is 12.6 Å². The summed E-state index contributed by atoms with van der Waals surface area (Å²) in [5.41, 5.74) is 1.99. The van der Waals surface area contributed by atoms with E-state index in [1.807, 2.05) is 31.2 Å². The molecule has 3 nitrogen and oxygen atoms in total. The third kappa shape index (κ3) is 7.50. The number of amides is 2. The number of anilines is 1. The molecule has 0 aliphatic rings. The van der Waals surface area contributed by atoms with Crippen LogP contribution in [-0.2, 0) is 0 Å². The minimum atomic E-state index is -0.112. The molecule has 0 radical (unpaired) electrons. The summed E-state index contributed by atoms with van der Waals surface area (Å²) in [6.45, 7) is 4.99. The lowest BCUT2D eigenvalue weighted by Crippen LogP contribution is -2.29. The van der Waals surface area contributed by atoms with Gasteiger partial charge >= 0.3 is 6.03 Å². The van der Waals surface area contributed by atoms with Crippen LogP contribution >= 0.6 is 0 Å². The van der Waals surface area contributed by atoms with E-state index in [0.717, 1.165) is 24.2 Å². The van der Waals surface area contributed by atoms with Crippen molar-refractivity contribution in [3.8, 4) is 0 Å². The summed E-state index contributed by atoms with van der Waals surface area (Å²) >= 11 is 0. The zero-order valence-corrected chi connectivity index (χ0v) is 12.2. The SMILES string of the molecule is CCCCCCCCNC(=O)Nc1cccc(C)c1. The predicted octanol–water partition coefficient (Wildman–Crippen LogP) is 4.48. The maximum atomic E-state index is 11.6. The van der Waals surface area contributed by atoms with E-state index >= 15 is 0 Å². The van der Waals surface area contributed by atoms with Gasteiger partial charge in [0.15, 0.2) is 0 Å². The molecule has 0 atom stereocenters. The van der Waals surface area contributed by atoms with Crippen molar-refractivity contribution >= 4 is 11.7 Å². The van der Waals surface area contributed by atoms with Crippen molar-refractivity contribution in [2.24, 2.45) is 0 Å². The average molecular weight is 262 g/mol. The van der Waals surface area contributed by atoms with Crippen molar-refractivity contribution in [3.63, 3.8) is 0 Å². The molecule has 0 aliphatic carbocycles. The van der Waals surface area contributed by atoms with Crippen molar-refractivity contribution in [3.05, 3.63) is 29.8 Å². The normalized spacial score (nSPS) is 10.2. The molecule has 106 valence electrons. The van der Waals surface area contributed by atoms with Gasteiger partial charge in [-0.3, -0.25) is 0 Å². The molecule has 1 aromatic carbocycles. The van der Waals surface area contributed by atoms with E-state index in [1.54, 1.807) is 0 Å². The Morgan fingerprint density at radius 1 is 1.11 bits per heavy atom. The number of carbonyl (C=O) groups excluding carboxylic acids is 1. The highest BCUT2D eigenvalue weighted by Crippen LogP contribution is 2.09. The van der Waals surface area contributed by atoms with Gasteiger partial charge in [0.05, 0.1) is 0 Å². The van der Waals surface area contributed by atoms with Gasteiger partial charge in [0.25, 0.3) is 0 Å². The van der Waals surface area contributed by atoms with Crippen molar-refractivity contribution in [2.75, 3.05) is 11.9 Å². The van der Waals surface area contributed by atoms with Gasteiger partial charge in [-0.15, -0.1) is 0 Å². The number of rotatable bonds is 8. The monoisotopic (exact) mass is 262 g/mol. The second-order valence-corrected chi connectivity index (χ2v) is 5.02. The molecule has 0 aliphatic heterocycles. The number of urea groups is 1. The third-order valence-corrected chi connectivity index (χ3v) is 3.09. The summed E-state index contributed by atoms with van der Waals surface area (Å²) in [4.78, 5) is 11.6. The average Bonchev–Trinajstić information content (AvgIpc) is 2.37. The van der Waals surface area contributed by atoms with E-state index in [9.17, 15) is 4.79 Å². The Morgan fingerprint density at radius 3 is 2.58 bits per heavy atom. The van der Waals surface area contributed by atoms with Crippen LogP contribution in [0.4, 0.5) is 10.5 Å². The van der Waals surface area contributed by atoms with Gasteiger partial charge in [0.2, 0.25) is 0 Å². The van der Waals surface area contributed by atoms with E-state index < -0.39 is 0 Å². The fraction of sp³-hybridized carbons (Fsp3) is 0.562. The predicted molar refractivity (Wildman–Crippen MR) is 81.6 cm³/mol. The topological polar surface area (TPSA) is 41.1 Å². The molecule has 0 unspecified atom stereocenters. The molecule has 1 aromatic rings. The van der Waals surface area contributed by atoms with Crippen LogP contribution in [0, 0.1) is 6.92 Å². The van der Waals surface area contributed by atoms with Gasteiger partial charge in [-0.05, 0) is 31.0 Å². The number of aryl methyl sites for hydroxylation is 1. The molecule has 0 saturated heterocycles. The Morgan fingerprint density at radius 2 is 1.84 bits per heavy atom. The van der Waals surface area contributed by atoms with Crippen molar-refractivity contribution in [2.45, 2.75) is 52.4 Å². The minimum absolute atomic E-state index is 0.112. The van der Waals surface area contributed by atoms with Crippen molar-refractivity contribution in [1.29, 1.82) is 0 Å². The van der Waals surface area contributed by atoms with Gasteiger partial charge in [0, 0.05) is 12.2 Å². The number of unbranched alkanes of at least 4 members (excludes halogenated alkanes) is 5. The number of hydrogen-bond donors (Lipinski definition) is 2. The molecular weight excluding hydrogens is 236 g/mol. The first-order chi connectivity index (χ1) is 9.22. The van der Waals surface area contributed by atoms with Gasteiger partial charge in [0.1, 0.15) is 0 Å². The molecule has 0 spiro atoms.